The van der Waals surface area contributed by atoms with E-state index in [2.05, 4.69) is 34.6 Å². The summed E-state index contributed by atoms with van der Waals surface area (Å²) in [6, 6.07) is 5.61. The fraction of sp³-hybridized carbons (Fsp3) is 0.391. The zero-order valence-corrected chi connectivity index (χ0v) is 19.7. The number of ether oxygens (including phenoxy) is 1. The van der Waals surface area contributed by atoms with E-state index in [1.807, 2.05) is 17.5 Å². The number of thiophene rings is 1. The minimum atomic E-state index is -0.0530. The normalized spacial score (nSPS) is 11.2. The highest BCUT2D eigenvalue weighted by Crippen LogP contribution is 2.41. The van der Waals surface area contributed by atoms with E-state index in [9.17, 15) is 4.79 Å². The predicted molar refractivity (Wildman–Crippen MR) is 134 cm³/mol. The van der Waals surface area contributed by atoms with Gasteiger partial charge in [-0.05, 0) is 57.7 Å². The molecule has 0 bridgehead atoms. The lowest BCUT2D eigenvalue weighted by Crippen LogP contribution is -2.23. The molecule has 8 nitrogen and oxygen atoms in total. The average molecular weight is 457 g/mol. The molecule has 0 atom stereocenters. The lowest BCUT2D eigenvalue weighted by atomic mass is 10.0. The molecule has 0 spiro atoms. The highest BCUT2D eigenvalue weighted by atomic mass is 32.1. The van der Waals surface area contributed by atoms with Crippen LogP contribution in [0.15, 0.2) is 29.8 Å². The number of carbonyl (C=O) groups excluding carboxylic acids is 1. The molecular formula is C23H32N6O2S. The summed E-state index contributed by atoms with van der Waals surface area (Å²) in [5, 5.41) is 9.15. The molecule has 0 saturated carbocycles. The van der Waals surface area contributed by atoms with E-state index in [1.54, 1.807) is 19.4 Å². The topological polar surface area (TPSA) is 119 Å². The Morgan fingerprint density at radius 3 is 2.78 bits per heavy atom. The first-order chi connectivity index (χ1) is 15.4. The van der Waals surface area contributed by atoms with Gasteiger partial charge in [0.05, 0.1) is 29.4 Å². The number of hydrogen-bond donors (Lipinski definition) is 4. The van der Waals surface area contributed by atoms with Crippen LogP contribution in [0.25, 0.3) is 21.2 Å². The number of nitrogen functional groups attached to an aromatic ring is 2. The van der Waals surface area contributed by atoms with Crippen LogP contribution in [0.2, 0.25) is 0 Å². The Hall–Kier alpha value is -2.88. The molecule has 0 radical (unpaired) electrons. The van der Waals surface area contributed by atoms with E-state index >= 15 is 0 Å². The fourth-order valence-corrected chi connectivity index (χ4v) is 4.52. The summed E-state index contributed by atoms with van der Waals surface area (Å²) in [4.78, 5) is 19.0. The second kappa shape index (κ2) is 11.1. The van der Waals surface area contributed by atoms with Gasteiger partial charge in [-0.25, -0.2) is 4.98 Å². The molecule has 3 aromatic rings. The molecule has 1 amide bonds. The molecule has 0 aliphatic heterocycles. The van der Waals surface area contributed by atoms with Gasteiger partial charge in [-0.1, -0.05) is 6.07 Å². The van der Waals surface area contributed by atoms with Crippen molar-refractivity contribution in [3.05, 3.63) is 29.8 Å². The summed E-state index contributed by atoms with van der Waals surface area (Å²) in [5.74, 6) is 0.972. The Morgan fingerprint density at radius 1 is 1.22 bits per heavy atom. The summed E-state index contributed by atoms with van der Waals surface area (Å²) in [6.07, 6.45) is 4.25. The fourth-order valence-electron chi connectivity index (χ4n) is 3.47. The Bertz CT molecular complexity index is 1070. The van der Waals surface area contributed by atoms with Crippen molar-refractivity contribution in [2.75, 3.05) is 57.6 Å². The Labute approximate surface area is 192 Å². The standard InChI is InChI=1S/C23H32N6O2S/c1-29(2)11-5-4-9-26-10-8-20(30)28-18-13-27-23(25)21-16(14-32-22(18)21)15-6-7-17(24)19(12-15)31-3/h6-7,12-14,26H,4-5,8-11,24H2,1-3H3,(H2,25,27)(H,28,30). The second-order valence-electron chi connectivity index (χ2n) is 7.93. The number of nitrogens with two attached hydrogens (primary N) is 2. The number of pyridine rings is 1. The first-order valence-corrected chi connectivity index (χ1v) is 11.5. The molecule has 0 saturated heterocycles. The van der Waals surface area contributed by atoms with Crippen molar-refractivity contribution < 1.29 is 9.53 Å². The van der Waals surface area contributed by atoms with Crippen molar-refractivity contribution in [3.8, 4) is 16.9 Å². The van der Waals surface area contributed by atoms with Gasteiger partial charge in [-0.3, -0.25) is 4.79 Å². The third kappa shape index (κ3) is 5.87. The highest BCUT2D eigenvalue weighted by molar-refractivity contribution is 7.18. The van der Waals surface area contributed by atoms with Crippen LogP contribution in [0.1, 0.15) is 19.3 Å². The first-order valence-electron chi connectivity index (χ1n) is 10.7. The number of hydrogen-bond acceptors (Lipinski definition) is 8. The molecule has 0 fully saturated rings. The molecule has 9 heteroatoms. The van der Waals surface area contributed by atoms with Crippen molar-refractivity contribution in [1.82, 2.24) is 15.2 Å². The van der Waals surface area contributed by atoms with E-state index in [0.29, 0.717) is 35.9 Å². The quantitative estimate of drug-likeness (QED) is 0.258. The van der Waals surface area contributed by atoms with Crippen LogP contribution in [0.5, 0.6) is 5.75 Å². The molecule has 6 N–H and O–H groups in total. The number of benzene rings is 1. The number of aromatic nitrogens is 1. The zero-order valence-electron chi connectivity index (χ0n) is 18.9. The van der Waals surface area contributed by atoms with Crippen LogP contribution in [0, 0.1) is 0 Å². The lowest BCUT2D eigenvalue weighted by Gasteiger charge is -2.10. The molecule has 2 aromatic heterocycles. The summed E-state index contributed by atoms with van der Waals surface area (Å²) >= 11 is 1.52. The summed E-state index contributed by atoms with van der Waals surface area (Å²) in [6.45, 7) is 2.63. The van der Waals surface area contributed by atoms with Gasteiger partial charge in [0.15, 0.2) is 0 Å². The third-order valence-electron chi connectivity index (χ3n) is 5.18. The van der Waals surface area contributed by atoms with E-state index < -0.39 is 0 Å². The molecular weight excluding hydrogens is 424 g/mol. The smallest absolute Gasteiger partial charge is 0.225 e. The summed E-state index contributed by atoms with van der Waals surface area (Å²) in [5.41, 5.74) is 15.3. The minimum Gasteiger partial charge on any atom is -0.495 e. The molecule has 1 aromatic carbocycles. The summed E-state index contributed by atoms with van der Waals surface area (Å²) < 4.78 is 6.24. The van der Waals surface area contributed by atoms with Crippen LogP contribution < -0.4 is 26.8 Å². The van der Waals surface area contributed by atoms with Gasteiger partial charge in [0.25, 0.3) is 0 Å². The van der Waals surface area contributed by atoms with Gasteiger partial charge in [0.1, 0.15) is 11.6 Å². The van der Waals surface area contributed by atoms with Gasteiger partial charge < -0.3 is 31.7 Å². The maximum atomic E-state index is 12.5. The van der Waals surface area contributed by atoms with E-state index in [1.165, 1.54) is 11.3 Å². The van der Waals surface area contributed by atoms with Gasteiger partial charge in [-0.15, -0.1) is 11.3 Å². The number of nitrogens with one attached hydrogen (secondary N) is 2. The Balaban J connectivity index is 1.66. The van der Waals surface area contributed by atoms with Crippen molar-refractivity contribution >= 4 is 44.5 Å². The van der Waals surface area contributed by atoms with Crippen molar-refractivity contribution in [2.45, 2.75) is 19.3 Å². The van der Waals surface area contributed by atoms with Crippen molar-refractivity contribution in [2.24, 2.45) is 0 Å². The van der Waals surface area contributed by atoms with Gasteiger partial charge in [0.2, 0.25) is 5.91 Å². The Morgan fingerprint density at radius 2 is 2.03 bits per heavy atom. The van der Waals surface area contributed by atoms with Crippen LogP contribution >= 0.6 is 11.3 Å². The SMILES string of the molecule is COc1cc(-c2csc3c(NC(=O)CCNCCCCN(C)C)cnc(N)c23)ccc1N. The molecule has 0 unspecified atom stereocenters. The second-order valence-corrected chi connectivity index (χ2v) is 8.81. The molecule has 2 heterocycles. The van der Waals surface area contributed by atoms with Gasteiger partial charge >= 0.3 is 0 Å². The van der Waals surface area contributed by atoms with E-state index in [4.69, 9.17) is 16.2 Å². The van der Waals surface area contributed by atoms with Crippen LogP contribution in [0.3, 0.4) is 0 Å². The number of fused-ring (bicyclic) bond motifs is 1. The number of anilines is 3. The van der Waals surface area contributed by atoms with Gasteiger partial charge in [-0.2, -0.15) is 0 Å². The molecule has 3 rings (SSSR count). The van der Waals surface area contributed by atoms with Crippen molar-refractivity contribution in [1.29, 1.82) is 0 Å². The Kier molecular flexibility index (Phi) is 8.26. The molecule has 0 aliphatic carbocycles. The van der Waals surface area contributed by atoms with Crippen LogP contribution in [-0.4, -0.2) is 56.6 Å². The minimum absolute atomic E-state index is 0.0530. The molecule has 0 aliphatic rings. The highest BCUT2D eigenvalue weighted by Gasteiger charge is 2.16. The first kappa shape index (κ1) is 23.8. The maximum absolute atomic E-state index is 12.5. The van der Waals surface area contributed by atoms with Crippen molar-refractivity contribution in [3.63, 3.8) is 0 Å². The number of carbonyl (C=O) groups is 1. The predicted octanol–water partition coefficient (Wildman–Crippen LogP) is 3.40. The van der Waals surface area contributed by atoms with E-state index in [-0.39, 0.29) is 5.91 Å². The van der Waals surface area contributed by atoms with Crippen LogP contribution in [0.4, 0.5) is 17.2 Å². The number of rotatable bonds is 11. The average Bonchev–Trinajstić information content (AvgIpc) is 3.21. The van der Waals surface area contributed by atoms with Crippen LogP contribution in [-0.2, 0) is 4.79 Å². The number of amides is 1. The largest absolute Gasteiger partial charge is 0.495 e. The summed E-state index contributed by atoms with van der Waals surface area (Å²) in [7, 11) is 5.73. The number of nitrogens with zero attached hydrogens (tertiary/aromatic N) is 2. The number of methoxy groups -OCH3 is 1. The van der Waals surface area contributed by atoms with E-state index in [0.717, 1.165) is 47.1 Å². The maximum Gasteiger partial charge on any atom is 0.225 e. The number of unbranched alkanes of at least 4 members (excludes halogenated alkanes) is 1. The monoisotopic (exact) mass is 456 g/mol. The molecule has 32 heavy (non-hydrogen) atoms. The zero-order chi connectivity index (χ0) is 23.1. The lowest BCUT2D eigenvalue weighted by molar-refractivity contribution is -0.116. The van der Waals surface area contributed by atoms with Gasteiger partial charge in [0, 0.05) is 29.3 Å². The third-order valence-corrected chi connectivity index (χ3v) is 6.19. The molecule has 172 valence electrons.